The molecule has 0 spiro atoms. The summed E-state index contributed by atoms with van der Waals surface area (Å²) in [6, 6.07) is 0. The lowest BCUT2D eigenvalue weighted by molar-refractivity contribution is -0.113. The van der Waals surface area contributed by atoms with Crippen molar-refractivity contribution in [1.82, 2.24) is 0 Å². The second kappa shape index (κ2) is 5.07. The van der Waals surface area contributed by atoms with Gasteiger partial charge >= 0.3 is 0 Å². The largest absolute Gasteiger partial charge is 0.324 e. The normalized spacial score (nSPS) is 6.89. The van der Waals surface area contributed by atoms with Crippen LogP contribution in [-0.4, -0.2) is 12.3 Å². The van der Waals surface area contributed by atoms with E-state index in [0.717, 1.165) is 0 Å². The highest BCUT2D eigenvalue weighted by molar-refractivity contribution is 5.90. The van der Waals surface area contributed by atoms with Crippen LogP contribution in [0.2, 0.25) is 0 Å². The highest BCUT2D eigenvalue weighted by atomic mass is 16.1. The minimum Gasteiger partial charge on any atom is -0.324 e. The van der Waals surface area contributed by atoms with Gasteiger partial charge in [-0.05, 0) is 13.0 Å². The fourth-order valence-electron chi connectivity index (χ4n) is 0.264. The molecule has 0 atom stereocenters. The van der Waals surface area contributed by atoms with Crippen molar-refractivity contribution < 1.29 is 4.79 Å². The van der Waals surface area contributed by atoms with Crippen LogP contribution in [-0.2, 0) is 4.79 Å². The average Bonchev–Trinajstić information content (AvgIpc) is 1.89. The van der Waals surface area contributed by atoms with Crippen LogP contribution in [0.3, 0.4) is 0 Å². The fraction of sp³-hybridized carbons (Fsp3) is 0.286. The molecule has 0 aromatic carbocycles. The molecule has 2 heteroatoms. The molecule has 0 fully saturated rings. The lowest BCUT2D eigenvalue weighted by Gasteiger charge is -1.76. The number of ketones is 1. The van der Waals surface area contributed by atoms with E-state index in [0.29, 0.717) is 0 Å². The molecule has 2 N–H and O–H groups in total. The van der Waals surface area contributed by atoms with Gasteiger partial charge in [-0.2, -0.15) is 0 Å². The Balaban J connectivity index is 4.00. The SMILES string of the molecule is CC=C=C=CC(=O)CN. The molecule has 0 aromatic heterocycles. The van der Waals surface area contributed by atoms with E-state index in [2.05, 4.69) is 11.5 Å². The van der Waals surface area contributed by atoms with Crippen molar-refractivity contribution in [1.29, 1.82) is 0 Å². The van der Waals surface area contributed by atoms with Gasteiger partial charge in [0.25, 0.3) is 0 Å². The van der Waals surface area contributed by atoms with Gasteiger partial charge in [-0.25, -0.2) is 0 Å². The third-order valence-corrected chi connectivity index (χ3v) is 0.662. The van der Waals surface area contributed by atoms with Crippen LogP contribution in [0.5, 0.6) is 0 Å². The van der Waals surface area contributed by atoms with Gasteiger partial charge in [0.2, 0.25) is 0 Å². The van der Waals surface area contributed by atoms with Crippen LogP contribution in [0.4, 0.5) is 0 Å². The Morgan fingerprint density at radius 2 is 2.33 bits per heavy atom. The van der Waals surface area contributed by atoms with Crippen LogP contribution in [0.25, 0.3) is 0 Å². The molecule has 0 heterocycles. The van der Waals surface area contributed by atoms with E-state index >= 15 is 0 Å². The second-order valence-corrected chi connectivity index (χ2v) is 1.39. The van der Waals surface area contributed by atoms with Gasteiger partial charge in [0, 0.05) is 6.08 Å². The van der Waals surface area contributed by atoms with E-state index in [9.17, 15) is 4.79 Å². The van der Waals surface area contributed by atoms with Crippen molar-refractivity contribution >= 4 is 5.78 Å². The molecule has 0 rings (SSSR count). The predicted molar refractivity (Wildman–Crippen MR) is 35.9 cm³/mol. The third-order valence-electron chi connectivity index (χ3n) is 0.662. The molecular formula is C7H9NO. The molecule has 2 nitrogen and oxygen atoms in total. The van der Waals surface area contributed by atoms with Crippen molar-refractivity contribution in [3.63, 3.8) is 0 Å². The first kappa shape index (κ1) is 7.93. The van der Waals surface area contributed by atoms with E-state index in [1.54, 1.807) is 13.0 Å². The maximum absolute atomic E-state index is 10.4. The molecule has 0 saturated heterocycles. The maximum atomic E-state index is 10.4. The molecule has 0 amide bonds. The van der Waals surface area contributed by atoms with Gasteiger partial charge in [-0.15, -0.1) is 0 Å². The summed E-state index contributed by atoms with van der Waals surface area (Å²) >= 11 is 0. The lowest BCUT2D eigenvalue weighted by Crippen LogP contribution is -2.09. The van der Waals surface area contributed by atoms with Crippen LogP contribution in [0.15, 0.2) is 23.6 Å². The minimum atomic E-state index is -0.135. The Morgan fingerprint density at radius 1 is 1.67 bits per heavy atom. The first-order valence-electron chi connectivity index (χ1n) is 2.66. The summed E-state index contributed by atoms with van der Waals surface area (Å²) in [6.45, 7) is 1.84. The van der Waals surface area contributed by atoms with Gasteiger partial charge in [-0.1, -0.05) is 11.5 Å². The smallest absolute Gasteiger partial charge is 0.177 e. The van der Waals surface area contributed by atoms with Crippen molar-refractivity contribution in [2.24, 2.45) is 5.73 Å². The Kier molecular flexibility index (Phi) is 4.47. The second-order valence-electron chi connectivity index (χ2n) is 1.39. The predicted octanol–water partition coefficient (Wildman–Crippen LogP) is 0.401. The van der Waals surface area contributed by atoms with Gasteiger partial charge in [0.05, 0.1) is 6.54 Å². The zero-order valence-electron chi connectivity index (χ0n) is 5.35. The summed E-state index contributed by atoms with van der Waals surface area (Å²) in [6.07, 6.45) is 2.94. The van der Waals surface area contributed by atoms with Crippen molar-refractivity contribution in [2.45, 2.75) is 6.92 Å². The fourth-order valence-corrected chi connectivity index (χ4v) is 0.264. The van der Waals surface area contributed by atoms with E-state index in [4.69, 9.17) is 5.73 Å². The van der Waals surface area contributed by atoms with Crippen LogP contribution >= 0.6 is 0 Å². The van der Waals surface area contributed by atoms with Gasteiger partial charge in [0.1, 0.15) is 0 Å². The van der Waals surface area contributed by atoms with Crippen LogP contribution in [0, 0.1) is 0 Å². The number of hydrogen-bond donors (Lipinski definition) is 1. The molecule has 0 unspecified atom stereocenters. The summed E-state index contributed by atoms with van der Waals surface area (Å²) in [5.74, 6) is -0.135. The summed E-state index contributed by atoms with van der Waals surface area (Å²) in [4.78, 5) is 10.4. The van der Waals surface area contributed by atoms with Gasteiger partial charge in [-0.3, -0.25) is 4.79 Å². The third kappa shape index (κ3) is 4.79. The molecule has 0 aliphatic carbocycles. The number of rotatable bonds is 2. The number of carbonyl (C=O) groups excluding carboxylic acids is 1. The summed E-state index contributed by atoms with van der Waals surface area (Å²) in [5, 5.41) is 0. The standard InChI is InChI=1S/C7H9NO/c1-2-3-4-5-7(9)6-8/h2,5H,6,8H2,1H3. The molecule has 9 heavy (non-hydrogen) atoms. The average molecular weight is 123 g/mol. The summed E-state index contributed by atoms with van der Waals surface area (Å²) in [7, 11) is 0. The highest BCUT2D eigenvalue weighted by Crippen LogP contribution is 1.67. The lowest BCUT2D eigenvalue weighted by atomic mass is 10.4. The van der Waals surface area contributed by atoms with Crippen molar-refractivity contribution in [3.8, 4) is 0 Å². The monoisotopic (exact) mass is 123 g/mol. The molecule has 48 valence electrons. The molecule has 0 aromatic rings. The quantitative estimate of drug-likeness (QED) is 0.426. The van der Waals surface area contributed by atoms with E-state index in [1.165, 1.54) is 6.08 Å². The maximum Gasteiger partial charge on any atom is 0.177 e. The van der Waals surface area contributed by atoms with Gasteiger partial charge in [0.15, 0.2) is 5.78 Å². The molecule has 0 bridgehead atoms. The number of carbonyl (C=O) groups is 1. The topological polar surface area (TPSA) is 43.1 Å². The van der Waals surface area contributed by atoms with Crippen LogP contribution in [0.1, 0.15) is 6.92 Å². The molecular weight excluding hydrogens is 114 g/mol. The highest BCUT2D eigenvalue weighted by Gasteiger charge is 1.84. The van der Waals surface area contributed by atoms with Crippen molar-refractivity contribution in [2.75, 3.05) is 6.54 Å². The first-order chi connectivity index (χ1) is 4.31. The van der Waals surface area contributed by atoms with Crippen LogP contribution < -0.4 is 5.73 Å². The Hall–Kier alpha value is -1.07. The van der Waals surface area contributed by atoms with E-state index in [-0.39, 0.29) is 12.3 Å². The molecule has 0 aliphatic rings. The summed E-state index contributed by atoms with van der Waals surface area (Å²) in [5.41, 5.74) is 10.1. The zero-order valence-corrected chi connectivity index (χ0v) is 5.35. The first-order valence-corrected chi connectivity index (χ1v) is 2.66. The Morgan fingerprint density at radius 3 is 2.78 bits per heavy atom. The minimum absolute atomic E-state index is 0.0401. The Labute approximate surface area is 54.4 Å². The molecule has 0 aliphatic heterocycles. The number of nitrogens with two attached hydrogens (primary N) is 1. The number of allylic oxidation sites excluding steroid dienone is 1. The number of hydrogen-bond acceptors (Lipinski definition) is 2. The Bertz CT molecular complexity index is 181. The van der Waals surface area contributed by atoms with E-state index < -0.39 is 0 Å². The molecule has 0 saturated carbocycles. The van der Waals surface area contributed by atoms with Gasteiger partial charge < -0.3 is 5.73 Å². The van der Waals surface area contributed by atoms with E-state index in [1.807, 2.05) is 0 Å². The van der Waals surface area contributed by atoms with Crippen molar-refractivity contribution in [3.05, 3.63) is 23.6 Å². The zero-order chi connectivity index (χ0) is 7.11. The molecule has 0 radical (unpaired) electrons. The summed E-state index contributed by atoms with van der Waals surface area (Å²) < 4.78 is 0.